The van der Waals surface area contributed by atoms with E-state index in [1.165, 1.54) is 0 Å². The van der Waals surface area contributed by atoms with E-state index in [1.54, 1.807) is 6.07 Å². The standard InChI is InChI=1S/C17H24N4O2/c1-20-9-7-16(22)19-14-10-12(5-6-15(14)20)17(23)21-8-3-2-4-13(21)11-18/h5-6,10,13H,2-4,7-9,11,18H2,1H3,(H,19,22). The predicted molar refractivity (Wildman–Crippen MR) is 90.7 cm³/mol. The molecule has 124 valence electrons. The Kier molecular flexibility index (Phi) is 4.52. The van der Waals surface area contributed by atoms with Crippen molar-refractivity contribution in [3.05, 3.63) is 23.8 Å². The third kappa shape index (κ3) is 3.17. The molecule has 6 nitrogen and oxygen atoms in total. The maximum Gasteiger partial charge on any atom is 0.254 e. The average molecular weight is 316 g/mol. The van der Waals surface area contributed by atoms with Gasteiger partial charge in [-0.15, -0.1) is 0 Å². The van der Waals surface area contributed by atoms with Crippen LogP contribution in [0.25, 0.3) is 0 Å². The van der Waals surface area contributed by atoms with Crippen LogP contribution in [0.3, 0.4) is 0 Å². The van der Waals surface area contributed by atoms with Crippen molar-refractivity contribution in [1.82, 2.24) is 4.90 Å². The summed E-state index contributed by atoms with van der Waals surface area (Å²) in [5, 5.41) is 2.90. The lowest BCUT2D eigenvalue weighted by atomic mass is 10.0. The molecule has 1 atom stereocenters. The molecule has 1 saturated heterocycles. The summed E-state index contributed by atoms with van der Waals surface area (Å²) in [6.45, 7) is 1.92. The van der Waals surface area contributed by atoms with E-state index in [-0.39, 0.29) is 17.9 Å². The number of amides is 2. The second kappa shape index (κ2) is 6.58. The summed E-state index contributed by atoms with van der Waals surface area (Å²) in [5.74, 6) is -0.0119. The van der Waals surface area contributed by atoms with Gasteiger partial charge in [-0.25, -0.2) is 0 Å². The number of nitrogens with one attached hydrogen (secondary N) is 1. The lowest BCUT2D eigenvalue weighted by molar-refractivity contribution is -0.115. The number of nitrogens with two attached hydrogens (primary N) is 1. The van der Waals surface area contributed by atoms with E-state index in [0.29, 0.717) is 30.8 Å². The smallest absolute Gasteiger partial charge is 0.254 e. The Hall–Kier alpha value is -2.08. The number of likely N-dealkylation sites (tertiary alicyclic amines) is 1. The second-order valence-electron chi connectivity index (χ2n) is 6.34. The molecule has 1 fully saturated rings. The van der Waals surface area contributed by atoms with E-state index in [4.69, 9.17) is 5.73 Å². The molecule has 2 aliphatic rings. The Morgan fingerprint density at radius 2 is 2.17 bits per heavy atom. The molecule has 0 aromatic heterocycles. The van der Waals surface area contributed by atoms with Crippen LogP contribution in [0.5, 0.6) is 0 Å². The summed E-state index contributed by atoms with van der Waals surface area (Å²) >= 11 is 0. The summed E-state index contributed by atoms with van der Waals surface area (Å²) in [4.78, 5) is 28.6. The van der Waals surface area contributed by atoms with Gasteiger partial charge in [0, 0.05) is 44.7 Å². The Bertz CT molecular complexity index is 617. The minimum Gasteiger partial charge on any atom is -0.372 e. The van der Waals surface area contributed by atoms with Crippen LogP contribution in [0.1, 0.15) is 36.0 Å². The van der Waals surface area contributed by atoms with Crippen LogP contribution >= 0.6 is 0 Å². The summed E-state index contributed by atoms with van der Waals surface area (Å²) in [6.07, 6.45) is 3.56. The van der Waals surface area contributed by atoms with E-state index in [1.807, 2.05) is 29.0 Å². The normalized spacial score (nSPS) is 21.5. The Balaban J connectivity index is 1.88. The SMILES string of the molecule is CN1CCC(=O)Nc2cc(C(=O)N3CCCCC3CN)ccc21. The first-order valence-electron chi connectivity index (χ1n) is 8.26. The van der Waals surface area contributed by atoms with E-state index >= 15 is 0 Å². The molecule has 6 heteroatoms. The molecule has 23 heavy (non-hydrogen) atoms. The van der Waals surface area contributed by atoms with Crippen LogP contribution in [0.2, 0.25) is 0 Å². The fraction of sp³-hybridized carbons (Fsp3) is 0.529. The topological polar surface area (TPSA) is 78.7 Å². The quantitative estimate of drug-likeness (QED) is 0.865. The summed E-state index contributed by atoms with van der Waals surface area (Å²) < 4.78 is 0. The van der Waals surface area contributed by atoms with Gasteiger partial charge in [0.25, 0.3) is 5.91 Å². The molecular weight excluding hydrogens is 292 g/mol. The van der Waals surface area contributed by atoms with Crippen LogP contribution in [0, 0.1) is 0 Å². The van der Waals surface area contributed by atoms with E-state index in [0.717, 1.165) is 31.5 Å². The number of carbonyl (C=O) groups excluding carboxylic acids is 2. The Morgan fingerprint density at radius 1 is 1.35 bits per heavy atom. The van der Waals surface area contributed by atoms with Gasteiger partial charge in [-0.3, -0.25) is 9.59 Å². The highest BCUT2D eigenvalue weighted by Gasteiger charge is 2.27. The number of fused-ring (bicyclic) bond motifs is 1. The molecule has 2 aliphatic heterocycles. The van der Waals surface area contributed by atoms with E-state index in [2.05, 4.69) is 5.32 Å². The van der Waals surface area contributed by atoms with Crippen LogP contribution in [-0.4, -0.2) is 49.4 Å². The van der Waals surface area contributed by atoms with Crippen molar-refractivity contribution in [2.75, 3.05) is 36.9 Å². The van der Waals surface area contributed by atoms with Gasteiger partial charge in [0.05, 0.1) is 11.4 Å². The molecule has 2 heterocycles. The van der Waals surface area contributed by atoms with Gasteiger partial charge in [-0.05, 0) is 37.5 Å². The van der Waals surface area contributed by atoms with Crippen molar-refractivity contribution < 1.29 is 9.59 Å². The number of hydrogen-bond donors (Lipinski definition) is 2. The highest BCUT2D eigenvalue weighted by Crippen LogP contribution is 2.30. The van der Waals surface area contributed by atoms with Crippen LogP contribution in [-0.2, 0) is 4.79 Å². The zero-order valence-electron chi connectivity index (χ0n) is 13.5. The van der Waals surface area contributed by atoms with Gasteiger partial charge in [0.15, 0.2) is 0 Å². The van der Waals surface area contributed by atoms with Gasteiger partial charge in [0.1, 0.15) is 0 Å². The number of hydrogen-bond acceptors (Lipinski definition) is 4. The van der Waals surface area contributed by atoms with Gasteiger partial charge < -0.3 is 20.9 Å². The van der Waals surface area contributed by atoms with E-state index < -0.39 is 0 Å². The molecule has 0 saturated carbocycles. The average Bonchev–Trinajstić information content (AvgIpc) is 2.72. The molecule has 1 unspecified atom stereocenters. The number of nitrogens with zero attached hydrogens (tertiary/aromatic N) is 2. The highest BCUT2D eigenvalue weighted by atomic mass is 16.2. The number of piperidine rings is 1. The van der Waals surface area contributed by atoms with Crippen molar-refractivity contribution in [3.63, 3.8) is 0 Å². The van der Waals surface area contributed by atoms with Crippen LogP contribution < -0.4 is 16.0 Å². The van der Waals surface area contributed by atoms with Crippen molar-refractivity contribution in [1.29, 1.82) is 0 Å². The van der Waals surface area contributed by atoms with Crippen molar-refractivity contribution in [2.45, 2.75) is 31.7 Å². The first-order chi connectivity index (χ1) is 11.1. The molecule has 0 bridgehead atoms. The first kappa shape index (κ1) is 15.8. The fourth-order valence-electron chi connectivity index (χ4n) is 3.38. The molecule has 3 N–H and O–H groups in total. The van der Waals surface area contributed by atoms with Crippen molar-refractivity contribution in [3.8, 4) is 0 Å². The molecule has 1 aromatic rings. The third-order valence-corrected chi connectivity index (χ3v) is 4.76. The molecule has 0 spiro atoms. The Morgan fingerprint density at radius 3 is 2.96 bits per heavy atom. The summed E-state index contributed by atoms with van der Waals surface area (Å²) in [7, 11) is 1.95. The molecule has 0 aliphatic carbocycles. The van der Waals surface area contributed by atoms with Gasteiger partial charge in [-0.1, -0.05) is 0 Å². The lowest BCUT2D eigenvalue weighted by Crippen LogP contribution is -2.47. The van der Waals surface area contributed by atoms with Crippen molar-refractivity contribution in [2.24, 2.45) is 5.73 Å². The molecule has 1 aromatic carbocycles. The summed E-state index contributed by atoms with van der Waals surface area (Å²) in [5.41, 5.74) is 8.09. The predicted octanol–water partition coefficient (Wildman–Crippen LogP) is 1.42. The minimum absolute atomic E-state index is 0.00380. The van der Waals surface area contributed by atoms with Crippen LogP contribution in [0.4, 0.5) is 11.4 Å². The molecule has 3 rings (SSSR count). The van der Waals surface area contributed by atoms with Gasteiger partial charge in [0.2, 0.25) is 5.91 Å². The van der Waals surface area contributed by atoms with Crippen LogP contribution in [0.15, 0.2) is 18.2 Å². The minimum atomic E-state index is -0.0157. The maximum absolute atomic E-state index is 12.8. The van der Waals surface area contributed by atoms with E-state index in [9.17, 15) is 9.59 Å². The zero-order valence-corrected chi connectivity index (χ0v) is 13.5. The summed E-state index contributed by atoms with van der Waals surface area (Å²) in [6, 6.07) is 5.67. The molecule has 0 radical (unpaired) electrons. The fourth-order valence-corrected chi connectivity index (χ4v) is 3.38. The van der Waals surface area contributed by atoms with Crippen molar-refractivity contribution >= 4 is 23.2 Å². The number of rotatable bonds is 2. The van der Waals surface area contributed by atoms with Gasteiger partial charge in [-0.2, -0.15) is 0 Å². The monoisotopic (exact) mass is 316 g/mol. The second-order valence-corrected chi connectivity index (χ2v) is 6.34. The Labute approximate surface area is 136 Å². The number of benzene rings is 1. The number of anilines is 2. The largest absolute Gasteiger partial charge is 0.372 e. The lowest BCUT2D eigenvalue weighted by Gasteiger charge is -2.35. The zero-order chi connectivity index (χ0) is 16.4. The molecule has 2 amide bonds. The highest BCUT2D eigenvalue weighted by molar-refractivity contribution is 6.01. The third-order valence-electron chi connectivity index (χ3n) is 4.76. The first-order valence-corrected chi connectivity index (χ1v) is 8.26. The van der Waals surface area contributed by atoms with Gasteiger partial charge >= 0.3 is 0 Å². The number of carbonyl (C=O) groups is 2. The molecular formula is C17H24N4O2. The maximum atomic E-state index is 12.8.